The first kappa shape index (κ1) is 16.5. The van der Waals surface area contributed by atoms with E-state index in [0.717, 1.165) is 18.0 Å². The number of piperidine rings is 2. The molecule has 0 aliphatic carbocycles. The van der Waals surface area contributed by atoms with Crippen molar-refractivity contribution in [3.63, 3.8) is 0 Å². The number of hydrogen-bond acceptors (Lipinski definition) is 3. The molecule has 0 aromatic heterocycles. The van der Waals surface area contributed by atoms with Gasteiger partial charge < -0.3 is 5.32 Å². The molecule has 1 N–H and O–H groups in total. The Morgan fingerprint density at radius 2 is 2.00 bits per heavy atom. The normalized spacial score (nSPS) is 36.1. The van der Waals surface area contributed by atoms with Crippen LogP contribution < -0.4 is 5.32 Å². The summed E-state index contributed by atoms with van der Waals surface area (Å²) in [6, 6.07) is 1.64. The van der Waals surface area contributed by atoms with Gasteiger partial charge in [0.2, 0.25) is 0 Å². The first-order valence-corrected chi connectivity index (χ1v) is 8.52. The third kappa shape index (κ3) is 4.09. The Kier molecular flexibility index (Phi) is 6.60. The van der Waals surface area contributed by atoms with Crippen molar-refractivity contribution in [2.45, 2.75) is 57.5 Å². The average molecular weight is 302 g/mol. The van der Waals surface area contributed by atoms with Crippen LogP contribution in [0.2, 0.25) is 0 Å². The third-order valence-corrected chi connectivity index (χ3v) is 5.54. The zero-order chi connectivity index (χ0) is 13.1. The highest BCUT2D eigenvalue weighted by molar-refractivity contribution is 5.85. The van der Waals surface area contributed by atoms with Gasteiger partial charge in [0.25, 0.3) is 0 Å². The van der Waals surface area contributed by atoms with Gasteiger partial charge in [-0.2, -0.15) is 0 Å². The van der Waals surface area contributed by atoms with Crippen LogP contribution in [0.25, 0.3) is 0 Å². The van der Waals surface area contributed by atoms with Gasteiger partial charge in [-0.3, -0.25) is 9.80 Å². The molecule has 0 spiro atoms. The predicted octanol–water partition coefficient (Wildman–Crippen LogP) is 2.36. The van der Waals surface area contributed by atoms with Gasteiger partial charge in [0, 0.05) is 25.2 Å². The number of fused-ring (bicyclic) bond motifs is 1. The highest BCUT2D eigenvalue weighted by Crippen LogP contribution is 2.25. The van der Waals surface area contributed by atoms with Crippen molar-refractivity contribution in [2.75, 3.05) is 39.3 Å². The SMILES string of the molecule is CC1CN2CCCCC2CN1CCC1CCCNC1.Cl. The van der Waals surface area contributed by atoms with Gasteiger partial charge in [0.1, 0.15) is 0 Å². The van der Waals surface area contributed by atoms with Gasteiger partial charge in [-0.1, -0.05) is 6.42 Å². The van der Waals surface area contributed by atoms with E-state index in [2.05, 4.69) is 22.0 Å². The van der Waals surface area contributed by atoms with Crippen molar-refractivity contribution in [3.8, 4) is 0 Å². The summed E-state index contributed by atoms with van der Waals surface area (Å²) in [5, 5.41) is 3.55. The number of rotatable bonds is 3. The average Bonchev–Trinajstić information content (AvgIpc) is 2.46. The predicted molar refractivity (Wildman–Crippen MR) is 87.7 cm³/mol. The molecule has 3 fully saturated rings. The van der Waals surface area contributed by atoms with Crippen LogP contribution in [0.4, 0.5) is 0 Å². The fourth-order valence-corrected chi connectivity index (χ4v) is 4.24. The second-order valence-electron chi connectivity index (χ2n) is 6.99. The topological polar surface area (TPSA) is 18.5 Å². The van der Waals surface area contributed by atoms with Crippen LogP contribution in [0.15, 0.2) is 0 Å². The molecule has 3 atom stereocenters. The van der Waals surface area contributed by atoms with E-state index >= 15 is 0 Å². The van der Waals surface area contributed by atoms with Crippen LogP contribution in [-0.2, 0) is 0 Å². The minimum Gasteiger partial charge on any atom is -0.316 e. The van der Waals surface area contributed by atoms with Crippen molar-refractivity contribution in [1.82, 2.24) is 15.1 Å². The monoisotopic (exact) mass is 301 g/mol. The smallest absolute Gasteiger partial charge is 0.0223 e. The van der Waals surface area contributed by atoms with Crippen LogP contribution >= 0.6 is 12.4 Å². The molecule has 3 saturated heterocycles. The van der Waals surface area contributed by atoms with E-state index in [1.807, 2.05) is 0 Å². The van der Waals surface area contributed by atoms with Crippen LogP contribution in [0.1, 0.15) is 45.4 Å². The van der Waals surface area contributed by atoms with Crippen LogP contribution in [-0.4, -0.2) is 61.2 Å². The fraction of sp³-hybridized carbons (Fsp3) is 1.00. The number of nitrogens with zero attached hydrogens (tertiary/aromatic N) is 2. The molecule has 118 valence electrons. The Morgan fingerprint density at radius 3 is 2.80 bits per heavy atom. The van der Waals surface area contributed by atoms with Crippen LogP contribution in [0, 0.1) is 5.92 Å². The maximum Gasteiger partial charge on any atom is 0.0223 e. The molecule has 3 nitrogen and oxygen atoms in total. The minimum absolute atomic E-state index is 0. The van der Waals surface area contributed by atoms with Crippen LogP contribution in [0.5, 0.6) is 0 Å². The lowest BCUT2D eigenvalue weighted by Gasteiger charge is -2.48. The lowest BCUT2D eigenvalue weighted by atomic mass is 9.94. The molecule has 0 saturated carbocycles. The van der Waals surface area contributed by atoms with Gasteiger partial charge in [-0.15, -0.1) is 12.4 Å². The van der Waals surface area contributed by atoms with Gasteiger partial charge >= 0.3 is 0 Å². The molecule has 0 radical (unpaired) electrons. The Hall–Kier alpha value is 0.170. The number of nitrogens with one attached hydrogen (secondary N) is 1. The number of hydrogen-bond donors (Lipinski definition) is 1. The van der Waals surface area contributed by atoms with E-state index < -0.39 is 0 Å². The van der Waals surface area contributed by atoms with Crippen molar-refractivity contribution < 1.29 is 0 Å². The molecule has 4 heteroatoms. The quantitative estimate of drug-likeness (QED) is 0.863. The summed E-state index contributed by atoms with van der Waals surface area (Å²) in [5.74, 6) is 0.935. The van der Waals surface area contributed by atoms with Crippen molar-refractivity contribution in [3.05, 3.63) is 0 Å². The molecule has 3 rings (SSSR count). The molecular weight excluding hydrogens is 270 g/mol. The molecule has 3 unspecified atom stereocenters. The van der Waals surface area contributed by atoms with E-state index in [9.17, 15) is 0 Å². The molecule has 3 aliphatic heterocycles. The third-order valence-electron chi connectivity index (χ3n) is 5.54. The molecular formula is C16H32ClN3. The molecule has 0 bridgehead atoms. The molecule has 0 amide bonds. The van der Waals surface area contributed by atoms with Gasteiger partial charge in [-0.05, 0) is 71.1 Å². The Bertz CT molecular complexity index is 281. The lowest BCUT2D eigenvalue weighted by molar-refractivity contribution is 0.0123. The zero-order valence-corrected chi connectivity index (χ0v) is 13.8. The van der Waals surface area contributed by atoms with Gasteiger partial charge in [0.05, 0.1) is 0 Å². The van der Waals surface area contributed by atoms with Crippen molar-refractivity contribution in [2.24, 2.45) is 5.92 Å². The highest BCUT2D eigenvalue weighted by atomic mass is 35.5. The fourth-order valence-electron chi connectivity index (χ4n) is 4.24. The summed E-state index contributed by atoms with van der Waals surface area (Å²) < 4.78 is 0. The van der Waals surface area contributed by atoms with Gasteiger partial charge in [-0.25, -0.2) is 0 Å². The van der Waals surface area contributed by atoms with Crippen molar-refractivity contribution >= 4 is 12.4 Å². The maximum absolute atomic E-state index is 3.55. The zero-order valence-electron chi connectivity index (χ0n) is 13.0. The minimum atomic E-state index is 0. The maximum atomic E-state index is 3.55. The van der Waals surface area contributed by atoms with Crippen LogP contribution in [0.3, 0.4) is 0 Å². The van der Waals surface area contributed by atoms with E-state index in [-0.39, 0.29) is 12.4 Å². The Labute approximate surface area is 130 Å². The van der Waals surface area contributed by atoms with E-state index in [4.69, 9.17) is 0 Å². The summed E-state index contributed by atoms with van der Waals surface area (Å²) in [4.78, 5) is 5.54. The molecule has 3 heterocycles. The largest absolute Gasteiger partial charge is 0.316 e. The summed E-state index contributed by atoms with van der Waals surface area (Å²) in [6.07, 6.45) is 8.56. The molecule has 0 aromatic carbocycles. The Balaban J connectivity index is 0.00000147. The second kappa shape index (κ2) is 7.98. The van der Waals surface area contributed by atoms with E-state index in [0.29, 0.717) is 0 Å². The summed E-state index contributed by atoms with van der Waals surface area (Å²) in [7, 11) is 0. The highest BCUT2D eigenvalue weighted by Gasteiger charge is 2.32. The van der Waals surface area contributed by atoms with E-state index in [1.165, 1.54) is 77.8 Å². The molecule has 3 aliphatic rings. The number of halogens is 1. The summed E-state index contributed by atoms with van der Waals surface area (Å²) in [5.41, 5.74) is 0. The first-order chi connectivity index (χ1) is 9.33. The Morgan fingerprint density at radius 1 is 1.10 bits per heavy atom. The molecule has 20 heavy (non-hydrogen) atoms. The van der Waals surface area contributed by atoms with Gasteiger partial charge in [0.15, 0.2) is 0 Å². The molecule has 0 aromatic rings. The first-order valence-electron chi connectivity index (χ1n) is 8.52. The second-order valence-corrected chi connectivity index (χ2v) is 6.99. The lowest BCUT2D eigenvalue weighted by Crippen LogP contribution is -2.58. The van der Waals surface area contributed by atoms with E-state index in [1.54, 1.807) is 0 Å². The summed E-state index contributed by atoms with van der Waals surface area (Å²) >= 11 is 0. The number of piperazine rings is 1. The van der Waals surface area contributed by atoms with Crippen molar-refractivity contribution in [1.29, 1.82) is 0 Å². The standard InChI is InChI=1S/C16H31N3.ClH/c1-14-12-19-9-3-2-6-16(19)13-18(14)10-7-15-5-4-8-17-11-15;/h14-17H,2-13H2,1H3;1H. The summed E-state index contributed by atoms with van der Waals surface area (Å²) in [6.45, 7) is 10.3.